The molecular formula is C73H103N17O26. The number of aromatic amines is 1. The fourth-order valence-corrected chi connectivity index (χ4v) is 12.0. The summed E-state index contributed by atoms with van der Waals surface area (Å²) in [6.07, 6.45) is -2.37. The van der Waals surface area contributed by atoms with E-state index in [9.17, 15) is 121 Å². The number of nitrogens with two attached hydrogens (primary N) is 3. The van der Waals surface area contributed by atoms with Crippen molar-refractivity contribution in [2.75, 3.05) is 38.5 Å². The van der Waals surface area contributed by atoms with E-state index in [2.05, 4.69) is 70.4 Å². The van der Waals surface area contributed by atoms with Crippen LogP contribution in [0, 0.1) is 5.92 Å². The zero-order valence-electron chi connectivity index (χ0n) is 64.3. The minimum Gasteiger partial charge on any atom is -0.481 e. The van der Waals surface area contributed by atoms with Crippen molar-refractivity contribution in [3.05, 3.63) is 65.9 Å². The van der Waals surface area contributed by atoms with E-state index < -0.39 is 262 Å². The quantitative estimate of drug-likeness (QED) is 0.00849. The normalized spacial score (nSPS) is 21.8. The van der Waals surface area contributed by atoms with Crippen molar-refractivity contribution in [3.8, 4) is 0 Å². The number of nitrogen functional groups attached to an aromatic ring is 1. The Morgan fingerprint density at radius 2 is 1.22 bits per heavy atom. The molecule has 0 aliphatic carbocycles. The Morgan fingerprint density at radius 1 is 0.621 bits per heavy atom. The van der Waals surface area contributed by atoms with Crippen molar-refractivity contribution in [2.24, 2.45) is 17.4 Å². The summed E-state index contributed by atoms with van der Waals surface area (Å²) in [5, 5.41) is 79.6. The molecule has 2 heterocycles. The molecule has 4 rings (SSSR count). The van der Waals surface area contributed by atoms with Crippen LogP contribution in [-0.2, 0) is 102 Å². The second-order valence-electron chi connectivity index (χ2n) is 27.8. The number of carboxylic acid groups (broad SMARTS) is 4. The number of fused-ring (bicyclic) bond motifs is 1. The number of carbonyl (C=O) groups excluding carboxylic acids is 16. The standard InChI is InChI=1S/C73H103N17O26/c1-5-6-7-8-9-10-11-22-54(95)82-46(25-40-31-77-44-20-15-13-17-41(40)44)65(108)85-47(27-53(76)94)66(109)86-49(29-59(102)103)67(110)89-62-39(4)116-72(115)50(26-52(93)42-18-12-14-19-43(42)75)87-71(114)61(37(2)24-57(98)99)88-68(111)51(34-91)83-56(97)32-78-64(107)48(28-58(100)101)84-63(106)38(3)80-35-73(36-92,30-60(104)105)90-69(112)45(21-16-23-74)81-55(96)33-79-70(62)113/h12-15,17-20,31,36-39,45-51,61-62,77,80,91H,5-11,16,21-30,32-35,74-75H2,1-4H3,(H2,76,94)(H,78,107)(H,79,113)(H,81,96)(H,82,95)(H,83,97)(H,84,106)(H,85,108)(H,86,109)(H,87,114)(H,88,111)(H,89,110)(H,90,112)(H,98,99)(H,100,101)(H,102,103)(H,104,105). The van der Waals surface area contributed by atoms with E-state index in [1.807, 2.05) is 10.6 Å². The molecule has 1 fully saturated rings. The van der Waals surface area contributed by atoms with Gasteiger partial charge in [0.25, 0.3) is 0 Å². The maximum absolute atomic E-state index is 14.9. The molecule has 0 saturated carbocycles. The molecule has 3 aromatic rings. The van der Waals surface area contributed by atoms with Gasteiger partial charge in [0.1, 0.15) is 72.3 Å². The summed E-state index contributed by atoms with van der Waals surface area (Å²) in [6, 6.07) is -8.22. The average molecular weight is 1630 g/mol. The lowest BCUT2D eigenvalue weighted by atomic mass is 9.95. The van der Waals surface area contributed by atoms with E-state index in [1.165, 1.54) is 24.3 Å². The number of Topliss-reactive ketones (excluding diaryl/α,β-unsaturated/α-hetero) is 1. The van der Waals surface area contributed by atoms with Gasteiger partial charge >= 0.3 is 29.8 Å². The Hall–Kier alpha value is -12.5. The van der Waals surface area contributed by atoms with Gasteiger partial charge in [-0.05, 0) is 69.3 Å². The summed E-state index contributed by atoms with van der Waals surface area (Å²) in [5.41, 5.74) is 15.6. The number of amides is 13. The molecule has 25 N–H and O–H groups in total. The molecule has 43 heteroatoms. The summed E-state index contributed by atoms with van der Waals surface area (Å²) in [5.74, 6) is -28.2. The largest absolute Gasteiger partial charge is 0.481 e. The molecule has 0 spiro atoms. The third-order valence-corrected chi connectivity index (χ3v) is 18.3. The van der Waals surface area contributed by atoms with Gasteiger partial charge in [0, 0.05) is 54.2 Å². The van der Waals surface area contributed by atoms with Gasteiger partial charge in [0.2, 0.25) is 76.8 Å². The number of hydrogen-bond acceptors (Lipinski definition) is 25. The SMILES string of the molecule is CCCCCCCCCC(=O)NC(Cc1c[nH]c2ccccc12)C(=O)NC(CC(N)=O)C(=O)NC(CC(=O)O)C(=O)NC1C(=O)NCC(=O)NC(CCCN)C(=O)NC(C=O)(CC(=O)O)CNC(C)C(=O)NC(CC(=O)O)C(=O)NCC(=O)NC(CO)C(=O)NC(C(C)CC(=O)O)C(=O)NC(CC(=O)c2ccccc2N)C(=O)OC1C. The van der Waals surface area contributed by atoms with Crippen LogP contribution >= 0.6 is 0 Å². The molecule has 0 bridgehead atoms. The lowest BCUT2D eigenvalue weighted by molar-refractivity contribution is -0.156. The number of aldehydes is 1. The summed E-state index contributed by atoms with van der Waals surface area (Å²) in [7, 11) is 0. The van der Waals surface area contributed by atoms with Crippen molar-refractivity contribution in [1.82, 2.24) is 74.1 Å². The number of aliphatic hydroxyl groups excluding tert-OH is 1. The summed E-state index contributed by atoms with van der Waals surface area (Å²) in [6.45, 7) is 0.315. The van der Waals surface area contributed by atoms with Gasteiger partial charge in [-0.15, -0.1) is 0 Å². The Morgan fingerprint density at radius 3 is 1.82 bits per heavy atom. The number of hydrogen-bond donors (Lipinski definition) is 22. The van der Waals surface area contributed by atoms with E-state index in [1.54, 1.807) is 30.5 Å². The number of benzene rings is 2. The van der Waals surface area contributed by atoms with E-state index in [0.717, 1.165) is 52.9 Å². The fraction of sp³-hybridized carbons (Fsp3) is 0.534. The maximum atomic E-state index is 14.9. The van der Waals surface area contributed by atoms with Crippen molar-refractivity contribution < 1.29 is 126 Å². The number of carbonyl (C=O) groups is 20. The average Bonchev–Trinajstić information content (AvgIpc) is 1.78. The number of aliphatic carboxylic acids is 4. The highest BCUT2D eigenvalue weighted by Crippen LogP contribution is 2.22. The number of rotatable bonds is 36. The molecule has 1 saturated heterocycles. The number of unbranched alkanes of at least 4 members (excludes halogenated alkanes) is 6. The summed E-state index contributed by atoms with van der Waals surface area (Å²) < 4.78 is 5.69. The number of H-pyrrole nitrogens is 1. The fourth-order valence-electron chi connectivity index (χ4n) is 12.0. The van der Waals surface area contributed by atoms with Crippen LogP contribution in [0.1, 0.15) is 146 Å². The molecule has 13 atom stereocenters. The molecule has 1 aromatic heterocycles. The minimum atomic E-state index is -2.52. The summed E-state index contributed by atoms with van der Waals surface area (Å²) >= 11 is 0. The van der Waals surface area contributed by atoms with Gasteiger partial charge in [0.15, 0.2) is 5.78 Å². The third-order valence-electron chi connectivity index (χ3n) is 18.3. The van der Waals surface area contributed by atoms with Crippen LogP contribution in [0.3, 0.4) is 0 Å². The van der Waals surface area contributed by atoms with Crippen LogP contribution in [0.4, 0.5) is 5.69 Å². The first-order chi connectivity index (χ1) is 54.8. The smallest absolute Gasteiger partial charge is 0.329 e. The van der Waals surface area contributed by atoms with E-state index >= 15 is 0 Å². The van der Waals surface area contributed by atoms with Crippen LogP contribution < -0.4 is 86.3 Å². The number of anilines is 1. The van der Waals surface area contributed by atoms with Crippen molar-refractivity contribution in [1.29, 1.82) is 0 Å². The Labute approximate surface area is 663 Å². The molecule has 2 aromatic carbocycles. The highest BCUT2D eigenvalue weighted by Gasteiger charge is 2.42. The molecule has 0 radical (unpaired) electrons. The molecule has 13 amide bonds. The Balaban J connectivity index is 1.89. The third kappa shape index (κ3) is 32.2. The topological polar surface area (TPSA) is 702 Å². The first kappa shape index (κ1) is 95.8. The van der Waals surface area contributed by atoms with E-state index in [0.29, 0.717) is 29.3 Å². The number of ketones is 1. The van der Waals surface area contributed by atoms with E-state index in [-0.39, 0.29) is 43.3 Å². The predicted molar refractivity (Wildman–Crippen MR) is 405 cm³/mol. The number of aliphatic hydroxyl groups is 1. The zero-order chi connectivity index (χ0) is 86.5. The van der Waals surface area contributed by atoms with Crippen molar-refractivity contribution in [2.45, 2.75) is 209 Å². The highest BCUT2D eigenvalue weighted by molar-refractivity contribution is 6.05. The van der Waals surface area contributed by atoms with Crippen molar-refractivity contribution in [3.63, 3.8) is 0 Å². The van der Waals surface area contributed by atoms with Crippen molar-refractivity contribution >= 4 is 135 Å². The number of para-hydroxylation sites is 2. The number of esters is 1. The zero-order valence-corrected chi connectivity index (χ0v) is 64.3. The Bertz CT molecular complexity index is 4060. The van der Waals surface area contributed by atoms with Crippen LogP contribution in [0.15, 0.2) is 54.7 Å². The number of aromatic nitrogens is 1. The van der Waals surface area contributed by atoms with Crippen LogP contribution in [0.2, 0.25) is 0 Å². The lowest BCUT2D eigenvalue weighted by Crippen LogP contribution is -2.63. The highest BCUT2D eigenvalue weighted by atomic mass is 16.5. The second kappa shape index (κ2) is 47.9. The minimum absolute atomic E-state index is 0.0191. The molecule has 1 aliphatic heterocycles. The van der Waals surface area contributed by atoms with Crippen LogP contribution in [0.25, 0.3) is 10.9 Å². The molecule has 1 aliphatic rings. The number of carboxylic acids is 4. The number of ether oxygens (including phenoxy) is 1. The molecular weight excluding hydrogens is 1530 g/mol. The van der Waals surface area contributed by atoms with Crippen LogP contribution in [0.5, 0.6) is 0 Å². The van der Waals surface area contributed by atoms with Gasteiger partial charge in [-0.25, -0.2) is 4.79 Å². The molecule has 43 nitrogen and oxygen atoms in total. The van der Waals surface area contributed by atoms with Gasteiger partial charge in [-0.2, -0.15) is 0 Å². The maximum Gasteiger partial charge on any atom is 0.329 e. The number of primary amides is 1. The Kier molecular flexibility index (Phi) is 39.5. The molecule has 13 unspecified atom stereocenters. The first-order valence-corrected chi connectivity index (χ1v) is 37.2. The number of cyclic esters (lactones) is 1. The molecule has 116 heavy (non-hydrogen) atoms. The van der Waals surface area contributed by atoms with Crippen LogP contribution in [-0.4, -0.2) is 254 Å². The first-order valence-electron chi connectivity index (χ1n) is 37.2. The second-order valence-corrected chi connectivity index (χ2v) is 27.8. The number of nitrogens with one attached hydrogen (secondary N) is 14. The van der Waals surface area contributed by atoms with E-state index in [4.69, 9.17) is 21.9 Å². The van der Waals surface area contributed by atoms with Gasteiger partial charge < -0.3 is 126 Å². The predicted octanol–water partition coefficient (Wildman–Crippen LogP) is -5.58. The monoisotopic (exact) mass is 1630 g/mol. The van der Waals surface area contributed by atoms with Gasteiger partial charge in [-0.3, -0.25) is 86.3 Å². The summed E-state index contributed by atoms with van der Waals surface area (Å²) in [4.78, 5) is 276. The molecule has 636 valence electrons. The lowest BCUT2D eigenvalue weighted by Gasteiger charge is -2.32. The van der Waals surface area contributed by atoms with Gasteiger partial charge in [-0.1, -0.05) is 82.7 Å². The van der Waals surface area contributed by atoms with Gasteiger partial charge in [0.05, 0.1) is 57.8 Å².